The average Bonchev–Trinajstić information content (AvgIpc) is 2.93. The van der Waals surface area contributed by atoms with Crippen LogP contribution in [0, 0.1) is 6.92 Å². The number of furan rings is 2. The van der Waals surface area contributed by atoms with Crippen LogP contribution in [0.25, 0.3) is 11.0 Å². The van der Waals surface area contributed by atoms with E-state index < -0.39 is 0 Å². The molecule has 1 aromatic carbocycles. The van der Waals surface area contributed by atoms with Crippen LogP contribution in [-0.4, -0.2) is 0 Å². The first-order chi connectivity index (χ1) is 8.65. The van der Waals surface area contributed by atoms with Gasteiger partial charge in [0.1, 0.15) is 11.3 Å². The maximum absolute atomic E-state index is 6.18. The molecule has 0 bridgehead atoms. The van der Waals surface area contributed by atoms with Crippen LogP contribution in [0.1, 0.15) is 22.9 Å². The Morgan fingerprint density at radius 3 is 2.78 bits per heavy atom. The first kappa shape index (κ1) is 11.6. The molecule has 3 rings (SSSR count). The third-order valence-corrected chi connectivity index (χ3v) is 3.62. The van der Waals surface area contributed by atoms with Crippen LogP contribution in [0.5, 0.6) is 0 Å². The van der Waals surface area contributed by atoms with E-state index in [-0.39, 0.29) is 6.04 Å². The van der Waals surface area contributed by atoms with Gasteiger partial charge in [0.2, 0.25) is 0 Å². The number of benzene rings is 1. The summed E-state index contributed by atoms with van der Waals surface area (Å²) in [6.07, 6.45) is 1.60. The van der Waals surface area contributed by atoms with E-state index in [2.05, 4.69) is 28.9 Å². The van der Waals surface area contributed by atoms with Crippen molar-refractivity contribution in [2.75, 3.05) is 0 Å². The lowest BCUT2D eigenvalue weighted by atomic mass is 10.1. The number of hydrogen-bond acceptors (Lipinski definition) is 3. The van der Waals surface area contributed by atoms with Gasteiger partial charge >= 0.3 is 0 Å². The van der Waals surface area contributed by atoms with E-state index in [9.17, 15) is 0 Å². The Morgan fingerprint density at radius 2 is 2.06 bits per heavy atom. The molecule has 3 nitrogen and oxygen atoms in total. The van der Waals surface area contributed by atoms with Gasteiger partial charge in [-0.25, -0.2) is 0 Å². The molecule has 92 valence electrons. The third-order valence-electron chi connectivity index (χ3n) is 2.98. The topological polar surface area (TPSA) is 52.3 Å². The third kappa shape index (κ3) is 1.87. The van der Waals surface area contributed by atoms with Gasteiger partial charge in [-0.1, -0.05) is 11.6 Å². The van der Waals surface area contributed by atoms with Crippen LogP contribution in [0.2, 0.25) is 0 Å². The molecule has 0 radical (unpaired) electrons. The van der Waals surface area contributed by atoms with E-state index >= 15 is 0 Å². The van der Waals surface area contributed by atoms with Crippen molar-refractivity contribution in [2.24, 2.45) is 5.73 Å². The van der Waals surface area contributed by atoms with E-state index in [1.807, 2.05) is 24.3 Å². The van der Waals surface area contributed by atoms with E-state index in [4.69, 9.17) is 14.6 Å². The Balaban J connectivity index is 2.07. The van der Waals surface area contributed by atoms with Crippen LogP contribution in [0.3, 0.4) is 0 Å². The zero-order chi connectivity index (χ0) is 12.7. The molecular weight excluding hydrogens is 294 g/mol. The SMILES string of the molecule is Cc1ccc2oc(C(N)c3ccoc3Br)cc2c1. The normalized spacial score (nSPS) is 13.1. The predicted molar refractivity (Wildman–Crippen MR) is 73.4 cm³/mol. The standard InChI is InChI=1S/C14H12BrNO2/c1-8-2-3-11-9(6-8)7-12(18-11)13(16)10-4-5-17-14(10)15/h2-7,13H,16H2,1H3. The van der Waals surface area contributed by atoms with Crippen molar-refractivity contribution in [1.29, 1.82) is 0 Å². The second kappa shape index (κ2) is 4.30. The molecule has 2 aromatic heterocycles. The highest BCUT2D eigenvalue weighted by atomic mass is 79.9. The van der Waals surface area contributed by atoms with Gasteiger partial charge in [-0.05, 0) is 47.1 Å². The highest BCUT2D eigenvalue weighted by Crippen LogP contribution is 2.31. The molecule has 1 unspecified atom stereocenters. The van der Waals surface area contributed by atoms with Gasteiger partial charge in [0.05, 0.1) is 12.3 Å². The van der Waals surface area contributed by atoms with Crippen molar-refractivity contribution in [3.8, 4) is 0 Å². The molecule has 0 saturated heterocycles. The Bertz CT molecular complexity index is 699. The number of rotatable bonds is 2. The fourth-order valence-corrected chi connectivity index (χ4v) is 2.50. The first-order valence-corrected chi connectivity index (χ1v) is 6.43. The minimum absolute atomic E-state index is 0.328. The average molecular weight is 306 g/mol. The Hall–Kier alpha value is -1.52. The fourth-order valence-electron chi connectivity index (χ4n) is 2.02. The summed E-state index contributed by atoms with van der Waals surface area (Å²) in [6.45, 7) is 2.05. The summed E-state index contributed by atoms with van der Waals surface area (Å²) in [7, 11) is 0. The molecule has 0 aliphatic heterocycles. The lowest BCUT2D eigenvalue weighted by Crippen LogP contribution is -2.10. The van der Waals surface area contributed by atoms with Crippen LogP contribution < -0.4 is 5.73 Å². The Kier molecular flexibility index (Phi) is 2.76. The van der Waals surface area contributed by atoms with Crippen molar-refractivity contribution in [3.05, 3.63) is 58.2 Å². The summed E-state index contributed by atoms with van der Waals surface area (Å²) in [4.78, 5) is 0. The van der Waals surface area contributed by atoms with E-state index in [1.54, 1.807) is 6.26 Å². The maximum atomic E-state index is 6.18. The number of fused-ring (bicyclic) bond motifs is 1. The fraction of sp³-hybridized carbons (Fsp3) is 0.143. The van der Waals surface area contributed by atoms with Crippen molar-refractivity contribution in [3.63, 3.8) is 0 Å². The second-order valence-corrected chi connectivity index (χ2v) is 5.04. The molecule has 0 saturated carbocycles. The van der Waals surface area contributed by atoms with Crippen molar-refractivity contribution in [2.45, 2.75) is 13.0 Å². The Morgan fingerprint density at radius 1 is 1.22 bits per heavy atom. The van der Waals surface area contributed by atoms with Gasteiger partial charge < -0.3 is 14.6 Å². The minimum Gasteiger partial charge on any atom is -0.459 e. The second-order valence-electron chi connectivity index (χ2n) is 4.32. The summed E-state index contributed by atoms with van der Waals surface area (Å²) in [6, 6.07) is 9.56. The summed E-state index contributed by atoms with van der Waals surface area (Å²) in [5.74, 6) is 0.734. The molecule has 1 atom stereocenters. The summed E-state index contributed by atoms with van der Waals surface area (Å²) < 4.78 is 11.6. The number of nitrogens with two attached hydrogens (primary N) is 1. The lowest BCUT2D eigenvalue weighted by Gasteiger charge is -2.05. The number of halogens is 1. The zero-order valence-electron chi connectivity index (χ0n) is 9.81. The van der Waals surface area contributed by atoms with Gasteiger partial charge in [0.25, 0.3) is 0 Å². The summed E-state index contributed by atoms with van der Waals surface area (Å²) >= 11 is 3.33. The predicted octanol–water partition coefficient (Wildman–Crippen LogP) is 4.14. The highest BCUT2D eigenvalue weighted by molar-refractivity contribution is 9.10. The molecule has 2 N–H and O–H groups in total. The quantitative estimate of drug-likeness (QED) is 0.774. The summed E-state index contributed by atoms with van der Waals surface area (Å²) in [5.41, 5.74) is 9.11. The summed E-state index contributed by atoms with van der Waals surface area (Å²) in [5, 5.41) is 1.07. The van der Waals surface area contributed by atoms with Crippen LogP contribution >= 0.6 is 15.9 Å². The van der Waals surface area contributed by atoms with Crippen LogP contribution in [0.15, 0.2) is 50.1 Å². The monoisotopic (exact) mass is 305 g/mol. The Labute approximate surface area is 113 Å². The van der Waals surface area contributed by atoms with E-state index in [0.29, 0.717) is 4.67 Å². The van der Waals surface area contributed by atoms with Crippen LogP contribution in [-0.2, 0) is 0 Å². The molecule has 0 fully saturated rings. The molecule has 0 spiro atoms. The molecular formula is C14H12BrNO2. The molecule has 18 heavy (non-hydrogen) atoms. The van der Waals surface area contributed by atoms with Gasteiger partial charge in [-0.3, -0.25) is 0 Å². The zero-order valence-corrected chi connectivity index (χ0v) is 11.4. The molecule has 3 aromatic rings. The van der Waals surface area contributed by atoms with Gasteiger partial charge in [-0.2, -0.15) is 0 Å². The highest BCUT2D eigenvalue weighted by Gasteiger charge is 2.18. The molecule has 0 aliphatic carbocycles. The van der Waals surface area contributed by atoms with Crippen molar-refractivity contribution in [1.82, 2.24) is 0 Å². The molecule has 0 aliphatic rings. The largest absolute Gasteiger partial charge is 0.459 e. The van der Waals surface area contributed by atoms with Gasteiger partial charge in [0.15, 0.2) is 4.67 Å². The number of hydrogen-bond donors (Lipinski definition) is 1. The smallest absolute Gasteiger partial charge is 0.174 e. The van der Waals surface area contributed by atoms with Gasteiger partial charge in [0, 0.05) is 10.9 Å². The maximum Gasteiger partial charge on any atom is 0.174 e. The molecule has 2 heterocycles. The van der Waals surface area contributed by atoms with Gasteiger partial charge in [-0.15, -0.1) is 0 Å². The van der Waals surface area contributed by atoms with E-state index in [0.717, 1.165) is 22.3 Å². The van der Waals surface area contributed by atoms with Crippen molar-refractivity contribution < 1.29 is 8.83 Å². The first-order valence-electron chi connectivity index (χ1n) is 5.64. The van der Waals surface area contributed by atoms with E-state index in [1.165, 1.54) is 5.56 Å². The lowest BCUT2D eigenvalue weighted by molar-refractivity contribution is 0.508. The minimum atomic E-state index is -0.328. The molecule has 4 heteroatoms. The van der Waals surface area contributed by atoms with Crippen molar-refractivity contribution >= 4 is 26.9 Å². The number of aryl methyl sites for hydroxylation is 1. The molecule has 0 amide bonds. The van der Waals surface area contributed by atoms with Crippen LogP contribution in [0.4, 0.5) is 0 Å².